The van der Waals surface area contributed by atoms with E-state index in [1.807, 2.05) is 24.9 Å². The third-order valence-corrected chi connectivity index (χ3v) is 4.58. The fraction of sp³-hybridized carbons (Fsp3) is 0.500. The van der Waals surface area contributed by atoms with Crippen molar-refractivity contribution in [3.63, 3.8) is 0 Å². The highest BCUT2D eigenvalue weighted by Gasteiger charge is 2.11. The maximum atomic E-state index is 3.56. The van der Waals surface area contributed by atoms with Crippen LogP contribution in [0.25, 0.3) is 0 Å². The first kappa shape index (κ1) is 13.1. The smallest absolute Gasteiger partial charge is 0.0311 e. The maximum absolute atomic E-state index is 3.56. The number of nitrogens with one attached hydrogen (secondary N) is 1. The topological polar surface area (TPSA) is 12.0 Å². The Labute approximate surface area is 105 Å². The highest BCUT2D eigenvalue weighted by Crippen LogP contribution is 2.28. The molecule has 1 unspecified atom stereocenters. The minimum Gasteiger partial charge on any atom is -0.316 e. The van der Waals surface area contributed by atoms with Crippen molar-refractivity contribution in [1.29, 1.82) is 0 Å². The highest BCUT2D eigenvalue weighted by atomic mass is 79.9. The van der Waals surface area contributed by atoms with Crippen LogP contribution in [-0.2, 0) is 0 Å². The van der Waals surface area contributed by atoms with E-state index in [2.05, 4.69) is 53.3 Å². The van der Waals surface area contributed by atoms with Crippen LogP contribution >= 0.6 is 27.7 Å². The molecule has 0 aliphatic carbocycles. The van der Waals surface area contributed by atoms with Gasteiger partial charge in [0.2, 0.25) is 0 Å². The highest BCUT2D eigenvalue weighted by molar-refractivity contribution is 9.10. The minimum atomic E-state index is 0.571. The minimum absolute atomic E-state index is 0.571. The third-order valence-electron chi connectivity index (χ3n) is 2.43. The van der Waals surface area contributed by atoms with Crippen LogP contribution in [0.15, 0.2) is 33.6 Å². The van der Waals surface area contributed by atoms with Crippen LogP contribution in [0, 0.1) is 5.92 Å². The summed E-state index contributed by atoms with van der Waals surface area (Å²) in [6, 6.07) is 8.94. The molecular weight excluding hydrogens is 270 g/mol. The summed E-state index contributed by atoms with van der Waals surface area (Å²) >= 11 is 5.46. The second-order valence-electron chi connectivity index (χ2n) is 3.88. The van der Waals surface area contributed by atoms with Gasteiger partial charge in [0, 0.05) is 21.2 Å². The Bertz CT molecular complexity index is 301. The molecule has 1 aromatic rings. The number of benzene rings is 1. The first-order chi connectivity index (χ1) is 7.15. The monoisotopic (exact) mass is 287 g/mol. The van der Waals surface area contributed by atoms with Crippen molar-refractivity contribution in [3.05, 3.63) is 28.7 Å². The van der Waals surface area contributed by atoms with Crippen LogP contribution < -0.4 is 5.32 Å². The van der Waals surface area contributed by atoms with Crippen molar-refractivity contribution >= 4 is 27.7 Å². The molecular formula is C12H18BrNS. The van der Waals surface area contributed by atoms with E-state index in [4.69, 9.17) is 0 Å². The van der Waals surface area contributed by atoms with E-state index in [0.717, 1.165) is 5.75 Å². The molecule has 1 atom stereocenters. The Morgan fingerprint density at radius 3 is 2.53 bits per heavy atom. The Hall–Kier alpha value is 0.01000. The Kier molecular flexibility index (Phi) is 5.72. The number of halogens is 1. The molecule has 0 saturated heterocycles. The van der Waals surface area contributed by atoms with Crippen molar-refractivity contribution < 1.29 is 0 Å². The van der Waals surface area contributed by atoms with Gasteiger partial charge in [0.1, 0.15) is 0 Å². The molecule has 0 aliphatic rings. The predicted molar refractivity (Wildman–Crippen MR) is 72.6 cm³/mol. The molecule has 0 radical (unpaired) electrons. The average Bonchev–Trinajstić information content (AvgIpc) is 2.21. The van der Waals surface area contributed by atoms with Crippen LogP contribution in [0.4, 0.5) is 0 Å². The molecule has 1 nitrogen and oxygen atoms in total. The third kappa shape index (κ3) is 4.17. The molecule has 0 spiro atoms. The number of hydrogen-bond acceptors (Lipinski definition) is 2. The molecule has 3 heteroatoms. The van der Waals surface area contributed by atoms with Gasteiger partial charge < -0.3 is 5.32 Å². The SMILES string of the molecule is CNC(CSc1ccccc1Br)C(C)C. The maximum Gasteiger partial charge on any atom is 0.0311 e. The molecule has 1 N–H and O–H groups in total. The molecule has 0 saturated carbocycles. The van der Waals surface area contributed by atoms with E-state index in [1.54, 1.807) is 0 Å². The second kappa shape index (κ2) is 6.56. The van der Waals surface area contributed by atoms with Crippen LogP contribution in [0.1, 0.15) is 13.8 Å². The van der Waals surface area contributed by atoms with Gasteiger partial charge in [0.05, 0.1) is 0 Å². The van der Waals surface area contributed by atoms with E-state index >= 15 is 0 Å². The fourth-order valence-electron chi connectivity index (χ4n) is 1.35. The van der Waals surface area contributed by atoms with Gasteiger partial charge in [-0.2, -0.15) is 0 Å². The number of hydrogen-bond donors (Lipinski definition) is 1. The zero-order valence-corrected chi connectivity index (χ0v) is 11.9. The summed E-state index contributed by atoms with van der Waals surface area (Å²) in [5.74, 6) is 1.78. The lowest BCUT2D eigenvalue weighted by molar-refractivity contribution is 0.465. The lowest BCUT2D eigenvalue weighted by atomic mass is 10.1. The van der Waals surface area contributed by atoms with Crippen LogP contribution in [0.5, 0.6) is 0 Å². The molecule has 15 heavy (non-hydrogen) atoms. The molecule has 0 heterocycles. The average molecular weight is 288 g/mol. The summed E-state index contributed by atoms with van der Waals surface area (Å²) in [6.45, 7) is 4.50. The molecule has 0 bridgehead atoms. The van der Waals surface area contributed by atoms with Crippen molar-refractivity contribution in [2.75, 3.05) is 12.8 Å². The van der Waals surface area contributed by atoms with E-state index in [9.17, 15) is 0 Å². The van der Waals surface area contributed by atoms with E-state index < -0.39 is 0 Å². The lowest BCUT2D eigenvalue weighted by Crippen LogP contribution is -2.32. The predicted octanol–water partition coefficient (Wildman–Crippen LogP) is 3.79. The van der Waals surface area contributed by atoms with Gasteiger partial charge in [-0.05, 0) is 41.0 Å². The number of rotatable bonds is 5. The van der Waals surface area contributed by atoms with Gasteiger partial charge in [0.15, 0.2) is 0 Å². The van der Waals surface area contributed by atoms with E-state index in [0.29, 0.717) is 12.0 Å². The zero-order chi connectivity index (χ0) is 11.3. The van der Waals surface area contributed by atoms with Crippen LogP contribution in [0.2, 0.25) is 0 Å². The fourth-order valence-corrected chi connectivity index (χ4v) is 3.27. The first-order valence-electron chi connectivity index (χ1n) is 5.19. The van der Waals surface area contributed by atoms with Crippen LogP contribution in [-0.4, -0.2) is 18.8 Å². The summed E-state index contributed by atoms with van der Waals surface area (Å²) in [6.07, 6.45) is 0. The van der Waals surface area contributed by atoms with Crippen molar-refractivity contribution in [3.8, 4) is 0 Å². The normalized spacial score (nSPS) is 13.1. The summed E-state index contributed by atoms with van der Waals surface area (Å²) in [5.41, 5.74) is 0. The quantitative estimate of drug-likeness (QED) is 0.827. The van der Waals surface area contributed by atoms with E-state index in [-0.39, 0.29) is 0 Å². The van der Waals surface area contributed by atoms with Gasteiger partial charge in [-0.15, -0.1) is 11.8 Å². The van der Waals surface area contributed by atoms with Gasteiger partial charge in [-0.3, -0.25) is 0 Å². The number of thioether (sulfide) groups is 1. The van der Waals surface area contributed by atoms with Crippen molar-refractivity contribution in [2.24, 2.45) is 5.92 Å². The van der Waals surface area contributed by atoms with Crippen molar-refractivity contribution in [2.45, 2.75) is 24.8 Å². The Morgan fingerprint density at radius 1 is 1.33 bits per heavy atom. The Balaban J connectivity index is 2.53. The molecule has 1 aromatic carbocycles. The van der Waals surface area contributed by atoms with Gasteiger partial charge in [0.25, 0.3) is 0 Å². The summed E-state index contributed by atoms with van der Waals surface area (Å²) < 4.78 is 1.19. The molecule has 0 aliphatic heterocycles. The molecule has 0 amide bonds. The zero-order valence-electron chi connectivity index (χ0n) is 9.46. The standard InChI is InChI=1S/C12H18BrNS/c1-9(2)11(14-3)8-15-12-7-5-4-6-10(12)13/h4-7,9,11,14H,8H2,1-3H3. The Morgan fingerprint density at radius 2 is 2.00 bits per heavy atom. The first-order valence-corrected chi connectivity index (χ1v) is 6.97. The van der Waals surface area contributed by atoms with Gasteiger partial charge in [-0.1, -0.05) is 26.0 Å². The summed E-state index contributed by atoms with van der Waals surface area (Å²) in [7, 11) is 2.03. The lowest BCUT2D eigenvalue weighted by Gasteiger charge is -2.19. The molecule has 0 fully saturated rings. The van der Waals surface area contributed by atoms with Gasteiger partial charge in [-0.25, -0.2) is 0 Å². The molecule has 1 rings (SSSR count). The van der Waals surface area contributed by atoms with Gasteiger partial charge >= 0.3 is 0 Å². The van der Waals surface area contributed by atoms with Crippen LogP contribution in [0.3, 0.4) is 0 Å². The summed E-state index contributed by atoms with van der Waals surface area (Å²) in [4.78, 5) is 1.32. The molecule has 84 valence electrons. The summed E-state index contributed by atoms with van der Waals surface area (Å²) in [5, 5.41) is 3.36. The molecule has 0 aromatic heterocycles. The second-order valence-corrected chi connectivity index (χ2v) is 5.80. The van der Waals surface area contributed by atoms with E-state index in [1.165, 1.54) is 9.37 Å². The largest absolute Gasteiger partial charge is 0.316 e. The van der Waals surface area contributed by atoms with Crippen molar-refractivity contribution in [1.82, 2.24) is 5.32 Å².